The van der Waals surface area contributed by atoms with Crippen molar-refractivity contribution in [2.24, 2.45) is 0 Å². The Labute approximate surface area is 141 Å². The number of hydrogen-bond acceptors (Lipinski definition) is 2. The number of nitrogens with zero attached hydrogens (tertiary/aromatic N) is 2. The standard InChI is InChI=1S/C18H14F3N3O/c19-18(20,21)16-10-14(23-17(25)11-24-9-8-22-12-24)6-7-15(16)13-4-2-1-3-5-13/h1-10,12H,11H2,(H,23,25). The third-order valence-corrected chi connectivity index (χ3v) is 3.58. The van der Waals surface area contributed by atoms with Gasteiger partial charge in [-0.1, -0.05) is 36.4 Å². The highest BCUT2D eigenvalue weighted by atomic mass is 19.4. The Bertz CT molecular complexity index is 859. The van der Waals surface area contributed by atoms with Gasteiger partial charge in [0.05, 0.1) is 11.9 Å². The molecular weight excluding hydrogens is 331 g/mol. The molecule has 1 aromatic heterocycles. The molecule has 128 valence electrons. The van der Waals surface area contributed by atoms with Crippen LogP contribution in [-0.4, -0.2) is 15.5 Å². The normalized spacial score (nSPS) is 11.3. The van der Waals surface area contributed by atoms with Gasteiger partial charge in [0.1, 0.15) is 6.54 Å². The maximum absolute atomic E-state index is 13.4. The summed E-state index contributed by atoms with van der Waals surface area (Å²) in [5.41, 5.74) is -0.164. The molecule has 3 rings (SSSR count). The van der Waals surface area contributed by atoms with Crippen molar-refractivity contribution in [3.63, 3.8) is 0 Å². The van der Waals surface area contributed by atoms with Gasteiger partial charge in [0, 0.05) is 18.1 Å². The Morgan fingerprint density at radius 1 is 1.12 bits per heavy atom. The molecule has 4 nitrogen and oxygen atoms in total. The van der Waals surface area contributed by atoms with E-state index in [4.69, 9.17) is 0 Å². The quantitative estimate of drug-likeness (QED) is 0.770. The lowest BCUT2D eigenvalue weighted by Gasteiger charge is -2.15. The summed E-state index contributed by atoms with van der Waals surface area (Å²) in [6.45, 7) is -0.0260. The lowest BCUT2D eigenvalue weighted by atomic mass is 9.98. The Hall–Kier alpha value is -3.09. The van der Waals surface area contributed by atoms with E-state index in [1.54, 1.807) is 36.5 Å². The minimum atomic E-state index is -4.53. The van der Waals surface area contributed by atoms with Gasteiger partial charge in [0.25, 0.3) is 0 Å². The van der Waals surface area contributed by atoms with Crippen molar-refractivity contribution >= 4 is 11.6 Å². The number of rotatable bonds is 4. The smallest absolute Gasteiger partial charge is 0.328 e. The molecule has 0 atom stereocenters. The molecule has 0 radical (unpaired) electrons. The van der Waals surface area contributed by atoms with Crippen LogP contribution in [0.2, 0.25) is 0 Å². The van der Waals surface area contributed by atoms with Crippen LogP contribution < -0.4 is 5.32 Å². The van der Waals surface area contributed by atoms with Crippen LogP contribution in [0.1, 0.15) is 5.56 Å². The van der Waals surface area contributed by atoms with Gasteiger partial charge in [-0.25, -0.2) is 4.98 Å². The molecule has 1 N–H and O–H groups in total. The van der Waals surface area contributed by atoms with Crippen LogP contribution in [0.5, 0.6) is 0 Å². The zero-order valence-electron chi connectivity index (χ0n) is 13.0. The van der Waals surface area contributed by atoms with Gasteiger partial charge in [0.15, 0.2) is 0 Å². The number of alkyl halides is 3. The summed E-state index contributed by atoms with van der Waals surface area (Å²) in [4.78, 5) is 15.8. The summed E-state index contributed by atoms with van der Waals surface area (Å²) >= 11 is 0. The van der Waals surface area contributed by atoms with Gasteiger partial charge in [-0.05, 0) is 23.3 Å². The first-order chi connectivity index (χ1) is 11.9. The van der Waals surface area contributed by atoms with Gasteiger partial charge in [-0.3, -0.25) is 4.79 Å². The SMILES string of the molecule is O=C(Cn1ccnc1)Nc1ccc(-c2ccccc2)c(C(F)(F)F)c1. The molecule has 0 bridgehead atoms. The van der Waals surface area contributed by atoms with Gasteiger partial charge < -0.3 is 9.88 Å². The summed E-state index contributed by atoms with van der Waals surface area (Å²) < 4.78 is 41.8. The molecule has 3 aromatic rings. The lowest BCUT2D eigenvalue weighted by Crippen LogP contribution is -2.18. The van der Waals surface area contributed by atoms with E-state index in [1.807, 2.05) is 0 Å². The van der Waals surface area contributed by atoms with Crippen molar-refractivity contribution in [2.75, 3.05) is 5.32 Å². The van der Waals surface area contributed by atoms with Crippen molar-refractivity contribution in [1.29, 1.82) is 0 Å². The molecule has 2 aromatic carbocycles. The number of amides is 1. The Morgan fingerprint density at radius 3 is 2.52 bits per heavy atom. The minimum Gasteiger partial charge on any atom is -0.328 e. The number of benzene rings is 2. The Morgan fingerprint density at radius 2 is 1.88 bits per heavy atom. The summed E-state index contributed by atoms with van der Waals surface area (Å²) in [6, 6.07) is 12.1. The van der Waals surface area contributed by atoms with Gasteiger partial charge in [0.2, 0.25) is 5.91 Å². The van der Waals surface area contributed by atoms with E-state index >= 15 is 0 Å². The molecule has 0 saturated heterocycles. The average molecular weight is 345 g/mol. The van der Waals surface area contributed by atoms with Crippen LogP contribution in [-0.2, 0) is 17.5 Å². The van der Waals surface area contributed by atoms with Crippen molar-refractivity contribution in [3.05, 3.63) is 72.8 Å². The number of halogens is 3. The van der Waals surface area contributed by atoms with Crippen LogP contribution in [0.3, 0.4) is 0 Å². The van der Waals surface area contributed by atoms with Crippen molar-refractivity contribution in [2.45, 2.75) is 12.7 Å². The van der Waals surface area contributed by atoms with E-state index in [0.29, 0.717) is 5.56 Å². The predicted molar refractivity (Wildman–Crippen MR) is 87.7 cm³/mol. The zero-order chi connectivity index (χ0) is 17.9. The first kappa shape index (κ1) is 16.8. The van der Waals surface area contributed by atoms with Crippen LogP contribution in [0.15, 0.2) is 67.3 Å². The number of imidazole rings is 1. The van der Waals surface area contributed by atoms with Gasteiger partial charge in [-0.15, -0.1) is 0 Å². The molecule has 0 fully saturated rings. The molecule has 1 heterocycles. The highest BCUT2D eigenvalue weighted by Gasteiger charge is 2.34. The second-order valence-corrected chi connectivity index (χ2v) is 5.41. The lowest BCUT2D eigenvalue weighted by molar-refractivity contribution is -0.137. The first-order valence-corrected chi connectivity index (χ1v) is 7.46. The summed E-state index contributed by atoms with van der Waals surface area (Å²) in [7, 11) is 0. The maximum Gasteiger partial charge on any atom is 0.417 e. The molecule has 0 aliphatic rings. The number of aromatic nitrogens is 2. The summed E-state index contributed by atoms with van der Waals surface area (Å²) in [5, 5.41) is 2.48. The number of anilines is 1. The number of carbonyl (C=O) groups excluding carboxylic acids is 1. The van der Waals surface area contributed by atoms with Gasteiger partial charge in [-0.2, -0.15) is 13.2 Å². The molecule has 0 unspecified atom stereocenters. The highest BCUT2D eigenvalue weighted by molar-refractivity contribution is 5.91. The van der Waals surface area contributed by atoms with Crippen molar-refractivity contribution in [1.82, 2.24) is 9.55 Å². The van der Waals surface area contributed by atoms with Crippen LogP contribution >= 0.6 is 0 Å². The highest BCUT2D eigenvalue weighted by Crippen LogP contribution is 2.38. The first-order valence-electron chi connectivity index (χ1n) is 7.46. The third kappa shape index (κ3) is 4.06. The van der Waals surface area contributed by atoms with E-state index in [2.05, 4.69) is 10.3 Å². The molecule has 0 aliphatic carbocycles. The van der Waals surface area contributed by atoms with Crippen LogP contribution in [0.4, 0.5) is 18.9 Å². The van der Waals surface area contributed by atoms with E-state index in [9.17, 15) is 18.0 Å². The van der Waals surface area contributed by atoms with Crippen molar-refractivity contribution in [3.8, 4) is 11.1 Å². The second-order valence-electron chi connectivity index (χ2n) is 5.41. The summed E-state index contributed by atoms with van der Waals surface area (Å²) in [5.74, 6) is -0.432. The third-order valence-electron chi connectivity index (χ3n) is 3.58. The molecule has 1 amide bonds. The number of carbonyl (C=O) groups is 1. The van der Waals surface area contributed by atoms with E-state index in [0.717, 1.165) is 6.07 Å². The molecule has 25 heavy (non-hydrogen) atoms. The fourth-order valence-electron chi connectivity index (χ4n) is 2.47. The molecule has 0 spiro atoms. The molecular formula is C18H14F3N3O. The van der Waals surface area contributed by atoms with Crippen LogP contribution in [0.25, 0.3) is 11.1 Å². The topological polar surface area (TPSA) is 46.9 Å². The predicted octanol–water partition coefficient (Wildman–Crippen LogP) is 4.21. The minimum absolute atomic E-state index is 0.0260. The maximum atomic E-state index is 13.4. The Balaban J connectivity index is 1.88. The molecule has 7 heteroatoms. The largest absolute Gasteiger partial charge is 0.417 e. The van der Waals surface area contributed by atoms with E-state index in [1.165, 1.54) is 29.2 Å². The Kier molecular flexibility index (Phi) is 4.56. The van der Waals surface area contributed by atoms with Gasteiger partial charge >= 0.3 is 6.18 Å². The van der Waals surface area contributed by atoms with E-state index < -0.39 is 17.6 Å². The van der Waals surface area contributed by atoms with E-state index in [-0.39, 0.29) is 17.8 Å². The monoisotopic (exact) mass is 345 g/mol. The molecule has 0 saturated carbocycles. The molecule has 0 aliphatic heterocycles. The van der Waals surface area contributed by atoms with Crippen LogP contribution in [0, 0.1) is 0 Å². The fourth-order valence-corrected chi connectivity index (χ4v) is 2.47. The zero-order valence-corrected chi connectivity index (χ0v) is 13.0. The number of hydrogen-bond donors (Lipinski definition) is 1. The fraction of sp³-hybridized carbons (Fsp3) is 0.111. The van der Waals surface area contributed by atoms with Crippen molar-refractivity contribution < 1.29 is 18.0 Å². The average Bonchev–Trinajstić information content (AvgIpc) is 3.07. The second kappa shape index (κ2) is 6.80. The summed E-state index contributed by atoms with van der Waals surface area (Å²) in [6.07, 6.45) is 0.0401. The number of nitrogens with one attached hydrogen (secondary N) is 1.